The van der Waals surface area contributed by atoms with Gasteiger partial charge in [0, 0.05) is 18.4 Å². The minimum Gasteiger partial charge on any atom is -0.373 e. The van der Waals surface area contributed by atoms with Crippen molar-refractivity contribution in [2.75, 3.05) is 13.7 Å². The molecule has 5 nitrogen and oxygen atoms in total. The number of benzene rings is 2. The fourth-order valence-electron chi connectivity index (χ4n) is 4.26. The third-order valence-electron chi connectivity index (χ3n) is 6.36. The van der Waals surface area contributed by atoms with E-state index in [2.05, 4.69) is 0 Å². The highest BCUT2D eigenvalue weighted by Crippen LogP contribution is 2.49. The zero-order valence-electron chi connectivity index (χ0n) is 18.9. The lowest BCUT2D eigenvalue weighted by Gasteiger charge is -2.48. The largest absolute Gasteiger partial charge is 0.416 e. The molecule has 1 saturated carbocycles. The molecule has 0 heterocycles. The van der Waals surface area contributed by atoms with Gasteiger partial charge in [-0.15, -0.1) is 0 Å². The Hall–Kier alpha value is -3.08. The lowest BCUT2D eigenvalue weighted by Crippen LogP contribution is -2.52. The Morgan fingerprint density at radius 3 is 2.00 bits per heavy atom. The zero-order valence-corrected chi connectivity index (χ0v) is 18.9. The summed E-state index contributed by atoms with van der Waals surface area (Å²) in [6.45, 7) is 1.32. The maximum Gasteiger partial charge on any atom is 0.416 e. The van der Waals surface area contributed by atoms with Crippen LogP contribution in [0.2, 0.25) is 0 Å². The van der Waals surface area contributed by atoms with Crippen molar-refractivity contribution in [2.45, 2.75) is 43.6 Å². The van der Waals surface area contributed by atoms with Crippen LogP contribution < -0.4 is 5.73 Å². The summed E-state index contributed by atoms with van der Waals surface area (Å²) in [7, 11) is 1.26. The van der Waals surface area contributed by atoms with Crippen LogP contribution in [0, 0.1) is 5.92 Å². The van der Waals surface area contributed by atoms with Gasteiger partial charge in [-0.25, -0.2) is 4.79 Å². The van der Waals surface area contributed by atoms with Gasteiger partial charge in [-0.3, -0.25) is 9.69 Å². The quantitative estimate of drug-likeness (QED) is 0.516. The first-order valence-corrected chi connectivity index (χ1v) is 10.7. The van der Waals surface area contributed by atoms with Crippen molar-refractivity contribution in [2.24, 2.45) is 11.7 Å². The van der Waals surface area contributed by atoms with Crippen molar-refractivity contribution in [1.82, 2.24) is 4.90 Å². The molecule has 0 saturated heterocycles. The highest BCUT2D eigenvalue weighted by atomic mass is 19.4. The number of alkyl halides is 6. The van der Waals surface area contributed by atoms with Gasteiger partial charge in [-0.05, 0) is 49.1 Å². The van der Waals surface area contributed by atoms with Crippen LogP contribution in [0.25, 0.3) is 0 Å². The van der Waals surface area contributed by atoms with Crippen molar-refractivity contribution >= 4 is 11.9 Å². The van der Waals surface area contributed by atoms with Gasteiger partial charge in [0.2, 0.25) is 5.91 Å². The van der Waals surface area contributed by atoms with Crippen LogP contribution in [0.5, 0.6) is 0 Å². The van der Waals surface area contributed by atoms with E-state index in [4.69, 9.17) is 10.5 Å². The predicted octanol–water partition coefficient (Wildman–Crippen LogP) is 5.69. The minimum atomic E-state index is -4.96. The highest BCUT2D eigenvalue weighted by molar-refractivity contribution is 5.95. The first-order valence-electron chi connectivity index (χ1n) is 10.7. The standard InChI is InChI=1S/C24H24F6N2O3/c1-14(15-8-18(23(25,26)27)10-19(9-15)24(28,29)30)35-13-22(17-6-4-3-5-7-17)11-16(12-22)20(33)32(2)21(31)34/h3-10,14,16H,11-13H2,1-2H3,(H2,31,34)/t14-,16?,22?/m1/s1. The Bertz CT molecular complexity index is 1050. The lowest BCUT2D eigenvalue weighted by atomic mass is 9.58. The van der Waals surface area contributed by atoms with Gasteiger partial charge in [0.15, 0.2) is 0 Å². The second-order valence-electron chi connectivity index (χ2n) is 8.78. The average Bonchev–Trinajstić information content (AvgIpc) is 2.76. The van der Waals surface area contributed by atoms with E-state index in [1.807, 2.05) is 0 Å². The van der Waals surface area contributed by atoms with Crippen LogP contribution in [-0.2, 0) is 27.3 Å². The van der Waals surface area contributed by atoms with Crippen molar-refractivity contribution in [3.8, 4) is 0 Å². The Morgan fingerprint density at radius 2 is 1.54 bits per heavy atom. The summed E-state index contributed by atoms with van der Waals surface area (Å²) in [5, 5.41) is 0. The van der Waals surface area contributed by atoms with E-state index in [9.17, 15) is 35.9 Å². The molecule has 0 aromatic heterocycles. The molecular weight excluding hydrogens is 478 g/mol. The monoisotopic (exact) mass is 502 g/mol. The van der Waals surface area contributed by atoms with E-state index in [1.165, 1.54) is 14.0 Å². The molecule has 35 heavy (non-hydrogen) atoms. The van der Waals surface area contributed by atoms with Gasteiger partial charge in [-0.2, -0.15) is 26.3 Å². The summed E-state index contributed by atoms with van der Waals surface area (Å²) >= 11 is 0. The number of rotatable bonds is 6. The van der Waals surface area contributed by atoms with Gasteiger partial charge < -0.3 is 10.5 Å². The second-order valence-corrected chi connectivity index (χ2v) is 8.78. The number of hydrogen-bond donors (Lipinski definition) is 1. The van der Waals surface area contributed by atoms with Crippen molar-refractivity contribution in [3.05, 3.63) is 70.8 Å². The fourth-order valence-corrected chi connectivity index (χ4v) is 4.26. The molecule has 2 aromatic carbocycles. The maximum atomic E-state index is 13.2. The van der Waals surface area contributed by atoms with Crippen LogP contribution in [0.3, 0.4) is 0 Å². The molecule has 190 valence electrons. The number of nitrogens with zero attached hydrogens (tertiary/aromatic N) is 1. The summed E-state index contributed by atoms with van der Waals surface area (Å²) in [4.78, 5) is 24.6. The summed E-state index contributed by atoms with van der Waals surface area (Å²) in [5.74, 6) is -0.998. The summed E-state index contributed by atoms with van der Waals surface area (Å²) in [6.07, 6.45) is -10.5. The Labute approximate surface area is 197 Å². The molecular formula is C24H24F6N2O3. The molecule has 3 rings (SSSR count). The average molecular weight is 502 g/mol. The first-order chi connectivity index (χ1) is 16.1. The molecule has 2 aromatic rings. The molecule has 0 bridgehead atoms. The number of halogens is 6. The number of ether oxygens (including phenoxy) is 1. The normalized spacial score (nSPS) is 21.2. The molecule has 1 aliphatic carbocycles. The summed E-state index contributed by atoms with van der Waals surface area (Å²) in [6, 6.07) is 9.39. The fraction of sp³-hybridized carbons (Fsp3) is 0.417. The third-order valence-corrected chi connectivity index (χ3v) is 6.36. The summed E-state index contributed by atoms with van der Waals surface area (Å²) < 4.78 is 85.2. The number of amides is 3. The zero-order chi connectivity index (χ0) is 26.2. The van der Waals surface area contributed by atoms with E-state index in [0.717, 1.165) is 10.5 Å². The van der Waals surface area contributed by atoms with Gasteiger partial charge in [0.1, 0.15) is 0 Å². The minimum absolute atomic E-state index is 0.0557. The van der Waals surface area contributed by atoms with Crippen LogP contribution >= 0.6 is 0 Å². The van der Waals surface area contributed by atoms with Crippen LogP contribution in [0.15, 0.2) is 48.5 Å². The van der Waals surface area contributed by atoms with E-state index >= 15 is 0 Å². The Kier molecular flexibility index (Phi) is 7.21. The number of nitrogens with two attached hydrogens (primary N) is 1. The molecule has 0 aliphatic heterocycles. The van der Waals surface area contributed by atoms with Crippen molar-refractivity contribution in [1.29, 1.82) is 0 Å². The van der Waals surface area contributed by atoms with E-state index in [-0.39, 0.29) is 31.1 Å². The molecule has 0 radical (unpaired) electrons. The number of urea groups is 1. The number of carbonyl (C=O) groups excluding carboxylic acids is 2. The second kappa shape index (κ2) is 9.52. The number of hydrogen-bond acceptors (Lipinski definition) is 3. The molecule has 2 N–H and O–H groups in total. The Morgan fingerprint density at radius 1 is 1.03 bits per heavy atom. The first kappa shape index (κ1) is 26.5. The van der Waals surface area contributed by atoms with E-state index in [1.54, 1.807) is 30.3 Å². The maximum absolute atomic E-state index is 13.2. The topological polar surface area (TPSA) is 72.6 Å². The van der Waals surface area contributed by atoms with E-state index in [0.29, 0.717) is 12.1 Å². The van der Waals surface area contributed by atoms with Crippen LogP contribution in [0.4, 0.5) is 31.1 Å². The summed E-state index contributed by atoms with van der Waals surface area (Å²) in [5.41, 5.74) is 2.16. The SMILES string of the molecule is C[C@@H](OCC1(c2ccccc2)CC(C(=O)N(C)C(N)=O)C1)c1cc(C(F)(F)F)cc(C(F)(F)F)c1. The van der Waals surface area contributed by atoms with Crippen LogP contribution in [-0.4, -0.2) is 30.5 Å². The predicted molar refractivity (Wildman–Crippen MR) is 114 cm³/mol. The van der Waals surface area contributed by atoms with Crippen molar-refractivity contribution in [3.63, 3.8) is 0 Å². The van der Waals surface area contributed by atoms with Gasteiger partial charge in [0.05, 0.1) is 23.8 Å². The molecule has 1 atom stereocenters. The van der Waals surface area contributed by atoms with Crippen molar-refractivity contribution < 1.29 is 40.7 Å². The molecule has 11 heteroatoms. The van der Waals surface area contributed by atoms with Gasteiger partial charge in [-0.1, -0.05) is 30.3 Å². The Balaban J connectivity index is 1.84. The number of imide groups is 1. The molecule has 1 fully saturated rings. The number of carbonyl (C=O) groups is 2. The molecule has 0 unspecified atom stereocenters. The molecule has 0 spiro atoms. The number of primary amides is 1. The van der Waals surface area contributed by atoms with Gasteiger partial charge >= 0.3 is 18.4 Å². The van der Waals surface area contributed by atoms with Crippen LogP contribution in [0.1, 0.15) is 48.1 Å². The molecule has 1 aliphatic rings. The van der Waals surface area contributed by atoms with Gasteiger partial charge in [0.25, 0.3) is 0 Å². The third kappa shape index (κ3) is 5.77. The van der Waals surface area contributed by atoms with E-state index < -0.39 is 52.9 Å². The highest BCUT2D eigenvalue weighted by Gasteiger charge is 2.50. The lowest BCUT2D eigenvalue weighted by molar-refractivity contribution is -0.143. The smallest absolute Gasteiger partial charge is 0.373 e. The molecule has 3 amide bonds.